The molecule has 1 saturated carbocycles. The van der Waals surface area contributed by atoms with Crippen LogP contribution in [-0.2, 0) is 0 Å². The quantitative estimate of drug-likeness (QED) is 0.870. The molecule has 3 rings (SSSR count). The molecule has 5 heteroatoms. The zero-order valence-electron chi connectivity index (χ0n) is 11.9. The van der Waals surface area contributed by atoms with E-state index in [4.69, 9.17) is 0 Å². The van der Waals surface area contributed by atoms with Crippen molar-refractivity contribution in [3.8, 4) is 0 Å². The van der Waals surface area contributed by atoms with E-state index in [0.29, 0.717) is 11.4 Å². The van der Waals surface area contributed by atoms with E-state index in [1.165, 1.54) is 12.1 Å². The predicted octanol–water partition coefficient (Wildman–Crippen LogP) is 3.75. The van der Waals surface area contributed by atoms with Gasteiger partial charge in [-0.25, -0.2) is 8.78 Å². The van der Waals surface area contributed by atoms with Crippen LogP contribution in [0.25, 0.3) is 10.9 Å². The Bertz CT molecular complexity index is 672. The van der Waals surface area contributed by atoms with Gasteiger partial charge in [0.2, 0.25) is 0 Å². The summed E-state index contributed by atoms with van der Waals surface area (Å²) in [6.07, 6.45) is 4.15. The zero-order chi connectivity index (χ0) is 15.0. The average molecular weight is 292 g/mol. The normalized spacial score (nSPS) is 22.4. The number of rotatable bonds is 2. The van der Waals surface area contributed by atoms with Crippen molar-refractivity contribution in [1.82, 2.24) is 10.3 Å². The minimum Gasteiger partial charge on any atom is -0.350 e. The van der Waals surface area contributed by atoms with Gasteiger partial charge in [-0.1, -0.05) is 6.92 Å². The highest BCUT2D eigenvalue weighted by Crippen LogP contribution is 2.24. The van der Waals surface area contributed by atoms with Crippen LogP contribution < -0.4 is 5.32 Å². The van der Waals surface area contributed by atoms with Crippen LogP contribution in [0.4, 0.5) is 8.78 Å². The number of fused-ring (bicyclic) bond motifs is 1. The number of hydrogen-bond donors (Lipinski definition) is 2. The van der Waals surface area contributed by atoms with Crippen LogP contribution in [0.3, 0.4) is 0 Å². The number of nitrogens with one attached hydrogen (secondary N) is 2. The fourth-order valence-corrected chi connectivity index (χ4v) is 2.95. The number of aromatic nitrogens is 1. The van der Waals surface area contributed by atoms with E-state index in [2.05, 4.69) is 17.2 Å². The predicted molar refractivity (Wildman–Crippen MR) is 77.1 cm³/mol. The highest BCUT2D eigenvalue weighted by Gasteiger charge is 2.21. The van der Waals surface area contributed by atoms with Gasteiger partial charge in [0.1, 0.15) is 17.3 Å². The van der Waals surface area contributed by atoms with Crippen molar-refractivity contribution >= 4 is 16.8 Å². The summed E-state index contributed by atoms with van der Waals surface area (Å²) >= 11 is 0. The highest BCUT2D eigenvalue weighted by molar-refractivity contribution is 5.98. The summed E-state index contributed by atoms with van der Waals surface area (Å²) in [5, 5.41) is 3.20. The lowest BCUT2D eigenvalue weighted by Crippen LogP contribution is -2.37. The van der Waals surface area contributed by atoms with Crippen molar-refractivity contribution < 1.29 is 13.6 Å². The third kappa shape index (κ3) is 2.91. The summed E-state index contributed by atoms with van der Waals surface area (Å²) in [4.78, 5) is 15.0. The average Bonchev–Trinajstić information content (AvgIpc) is 2.85. The fraction of sp³-hybridized carbons (Fsp3) is 0.438. The van der Waals surface area contributed by atoms with Crippen molar-refractivity contribution in [2.75, 3.05) is 0 Å². The molecule has 1 heterocycles. The van der Waals surface area contributed by atoms with Gasteiger partial charge in [-0.15, -0.1) is 0 Å². The molecule has 0 spiro atoms. The molecular weight excluding hydrogens is 274 g/mol. The maximum Gasteiger partial charge on any atom is 0.267 e. The monoisotopic (exact) mass is 292 g/mol. The van der Waals surface area contributed by atoms with Crippen LogP contribution in [0.2, 0.25) is 0 Å². The lowest BCUT2D eigenvalue weighted by Gasteiger charge is -2.26. The number of amides is 1. The third-order valence-corrected chi connectivity index (χ3v) is 4.25. The molecule has 3 nitrogen and oxygen atoms in total. The first-order valence-electron chi connectivity index (χ1n) is 7.31. The SMILES string of the molecule is C[C@H]1CC[C@H](NC(=O)c2cc3c(F)cc(F)cc3[nH]2)CC1. The van der Waals surface area contributed by atoms with Gasteiger partial charge >= 0.3 is 0 Å². The van der Waals surface area contributed by atoms with E-state index in [1.807, 2.05) is 0 Å². The molecule has 0 unspecified atom stereocenters. The highest BCUT2D eigenvalue weighted by atomic mass is 19.1. The molecule has 1 aliphatic carbocycles. The maximum absolute atomic E-state index is 13.6. The van der Waals surface area contributed by atoms with E-state index < -0.39 is 11.6 Å². The summed E-state index contributed by atoms with van der Waals surface area (Å²) in [5.41, 5.74) is 0.572. The molecule has 0 atom stereocenters. The van der Waals surface area contributed by atoms with Crippen molar-refractivity contribution in [3.63, 3.8) is 0 Å². The Morgan fingerprint density at radius 2 is 1.90 bits per heavy atom. The van der Waals surface area contributed by atoms with E-state index in [-0.39, 0.29) is 23.0 Å². The van der Waals surface area contributed by atoms with E-state index in [0.717, 1.165) is 31.7 Å². The van der Waals surface area contributed by atoms with Gasteiger partial charge in [0.25, 0.3) is 5.91 Å². The van der Waals surface area contributed by atoms with Crippen molar-refractivity contribution in [2.24, 2.45) is 5.92 Å². The molecule has 1 fully saturated rings. The lowest BCUT2D eigenvalue weighted by atomic mass is 9.87. The Labute approximate surface area is 121 Å². The summed E-state index contributed by atoms with van der Waals surface area (Å²) in [6, 6.07) is 3.62. The van der Waals surface area contributed by atoms with Crippen LogP contribution in [-0.4, -0.2) is 16.9 Å². The minimum atomic E-state index is -0.660. The second-order valence-corrected chi connectivity index (χ2v) is 5.96. The van der Waals surface area contributed by atoms with Crippen LogP contribution in [0.5, 0.6) is 0 Å². The van der Waals surface area contributed by atoms with E-state index in [1.54, 1.807) is 0 Å². The number of H-pyrrole nitrogens is 1. The fourth-order valence-electron chi connectivity index (χ4n) is 2.95. The minimum absolute atomic E-state index is 0.168. The van der Waals surface area contributed by atoms with Gasteiger partial charge in [-0.05, 0) is 43.7 Å². The summed E-state index contributed by atoms with van der Waals surface area (Å²) < 4.78 is 26.8. The number of carbonyl (C=O) groups excluding carboxylic acids is 1. The third-order valence-electron chi connectivity index (χ3n) is 4.25. The number of aromatic amines is 1. The van der Waals surface area contributed by atoms with Crippen molar-refractivity contribution in [1.29, 1.82) is 0 Å². The Hall–Kier alpha value is -1.91. The summed E-state index contributed by atoms with van der Waals surface area (Å²) in [5.74, 6) is -0.865. The molecule has 2 N–H and O–H groups in total. The van der Waals surface area contributed by atoms with E-state index >= 15 is 0 Å². The largest absolute Gasteiger partial charge is 0.350 e. The Kier molecular flexibility index (Phi) is 3.66. The first kappa shape index (κ1) is 14.0. The van der Waals surface area contributed by atoms with E-state index in [9.17, 15) is 13.6 Å². The van der Waals surface area contributed by atoms with Gasteiger partial charge in [0.05, 0.1) is 5.52 Å². The topological polar surface area (TPSA) is 44.9 Å². The molecule has 0 bridgehead atoms. The van der Waals surface area contributed by atoms with Crippen molar-refractivity contribution in [3.05, 3.63) is 35.5 Å². The van der Waals surface area contributed by atoms with Gasteiger partial charge < -0.3 is 10.3 Å². The molecule has 1 aromatic carbocycles. The Morgan fingerprint density at radius 1 is 1.19 bits per heavy atom. The molecule has 1 aliphatic rings. The second-order valence-electron chi connectivity index (χ2n) is 5.96. The number of hydrogen-bond acceptors (Lipinski definition) is 1. The maximum atomic E-state index is 13.6. The number of carbonyl (C=O) groups is 1. The molecule has 0 radical (unpaired) electrons. The number of halogens is 2. The smallest absolute Gasteiger partial charge is 0.267 e. The molecule has 112 valence electrons. The standard InChI is InChI=1S/C16H18F2N2O/c1-9-2-4-11(5-3-9)19-16(21)15-8-12-13(18)6-10(17)7-14(12)20-15/h6-9,11,20H,2-5H2,1H3,(H,19,21)/t9-,11-. The molecule has 21 heavy (non-hydrogen) atoms. The second kappa shape index (κ2) is 5.47. The zero-order valence-corrected chi connectivity index (χ0v) is 11.9. The summed E-state index contributed by atoms with van der Waals surface area (Å²) in [6.45, 7) is 2.22. The van der Waals surface area contributed by atoms with Crippen LogP contribution in [0.1, 0.15) is 43.1 Å². The van der Waals surface area contributed by atoms with Crippen LogP contribution in [0, 0.1) is 17.6 Å². The molecule has 1 aromatic heterocycles. The Balaban J connectivity index is 1.77. The molecule has 0 aliphatic heterocycles. The molecular formula is C16H18F2N2O. The first-order valence-corrected chi connectivity index (χ1v) is 7.31. The van der Waals surface area contributed by atoms with Gasteiger partial charge in [-0.2, -0.15) is 0 Å². The van der Waals surface area contributed by atoms with Crippen LogP contribution >= 0.6 is 0 Å². The molecule has 1 amide bonds. The van der Waals surface area contributed by atoms with Gasteiger partial charge in [0.15, 0.2) is 0 Å². The number of benzene rings is 1. The van der Waals surface area contributed by atoms with Gasteiger partial charge in [-0.3, -0.25) is 4.79 Å². The lowest BCUT2D eigenvalue weighted by molar-refractivity contribution is 0.0919. The van der Waals surface area contributed by atoms with Crippen LogP contribution in [0.15, 0.2) is 18.2 Å². The van der Waals surface area contributed by atoms with Gasteiger partial charge in [0, 0.05) is 17.5 Å². The summed E-state index contributed by atoms with van der Waals surface area (Å²) in [7, 11) is 0. The molecule has 2 aromatic rings. The molecule has 0 saturated heterocycles. The van der Waals surface area contributed by atoms with Crippen molar-refractivity contribution in [2.45, 2.75) is 38.6 Å². The Morgan fingerprint density at radius 3 is 2.62 bits per heavy atom. The first-order chi connectivity index (χ1) is 10.0.